The van der Waals surface area contributed by atoms with Gasteiger partial charge in [-0.05, 0) is 23.8 Å². The number of aromatic hydroxyl groups is 1. The van der Waals surface area contributed by atoms with Crippen molar-refractivity contribution in [1.82, 2.24) is 0 Å². The molecule has 1 N–H and O–H groups in total. The molecule has 0 saturated carbocycles. The molecule has 0 fully saturated rings. The smallest absolute Gasteiger partial charge is 0.117 e. The van der Waals surface area contributed by atoms with Gasteiger partial charge in [-0.15, -0.1) is 0 Å². The zero-order valence-corrected chi connectivity index (χ0v) is 7.62. The van der Waals surface area contributed by atoms with E-state index >= 15 is 0 Å². The Balaban J connectivity index is 2.85. The summed E-state index contributed by atoms with van der Waals surface area (Å²) in [4.78, 5) is 0. The highest BCUT2D eigenvalue weighted by Crippen LogP contribution is 2.22. The lowest BCUT2D eigenvalue weighted by Gasteiger charge is -1.97. The molecule has 2 nitrogen and oxygen atoms in total. The zero-order chi connectivity index (χ0) is 9.68. The Morgan fingerprint density at radius 3 is 2.92 bits per heavy atom. The second kappa shape index (κ2) is 4.54. The lowest BCUT2D eigenvalue weighted by Crippen LogP contribution is -1.74. The van der Waals surface area contributed by atoms with Gasteiger partial charge >= 0.3 is 0 Å². The van der Waals surface area contributed by atoms with Gasteiger partial charge in [-0.3, -0.25) is 0 Å². The summed E-state index contributed by atoms with van der Waals surface area (Å²) >= 11 is 5.81. The normalized spacial score (nSPS) is 10.2. The molecule has 1 aromatic rings. The van der Waals surface area contributed by atoms with Gasteiger partial charge in [0, 0.05) is 0 Å². The molecule has 0 aliphatic carbocycles. The Morgan fingerprint density at radius 1 is 1.54 bits per heavy atom. The first-order valence-corrected chi connectivity index (χ1v) is 4.14. The van der Waals surface area contributed by atoms with E-state index in [1.807, 2.05) is 6.07 Å². The lowest BCUT2D eigenvalue weighted by molar-refractivity contribution is 0.475. The van der Waals surface area contributed by atoms with Gasteiger partial charge in [0.15, 0.2) is 0 Å². The number of phenolic OH excluding ortho intramolecular Hbond substituents is 1. The highest BCUT2D eigenvalue weighted by molar-refractivity contribution is 6.32. The van der Waals surface area contributed by atoms with E-state index in [2.05, 4.69) is 0 Å². The molecule has 0 heterocycles. The molecule has 13 heavy (non-hydrogen) atoms. The van der Waals surface area contributed by atoms with Crippen molar-refractivity contribution >= 4 is 17.7 Å². The zero-order valence-electron chi connectivity index (χ0n) is 6.87. The van der Waals surface area contributed by atoms with Gasteiger partial charge < -0.3 is 5.11 Å². The quantitative estimate of drug-likeness (QED) is 0.785. The van der Waals surface area contributed by atoms with E-state index in [1.165, 1.54) is 6.07 Å². The Bertz CT molecular complexity index is 366. The standard InChI is InChI=1S/C10H8ClNO/c11-10-7-9(13)5-4-8(10)3-1-2-6-12/h1,3-5,7,13H,2H2. The first-order valence-electron chi connectivity index (χ1n) is 3.76. The summed E-state index contributed by atoms with van der Waals surface area (Å²) in [5.41, 5.74) is 0.801. The molecule has 0 aliphatic rings. The van der Waals surface area contributed by atoms with Crippen molar-refractivity contribution in [3.8, 4) is 11.8 Å². The molecule has 0 radical (unpaired) electrons. The van der Waals surface area contributed by atoms with E-state index < -0.39 is 0 Å². The highest BCUT2D eigenvalue weighted by atomic mass is 35.5. The molecule has 0 amide bonds. The molecule has 0 unspecified atom stereocenters. The van der Waals surface area contributed by atoms with E-state index in [9.17, 15) is 0 Å². The number of benzene rings is 1. The van der Waals surface area contributed by atoms with Gasteiger partial charge in [0.1, 0.15) is 5.75 Å². The van der Waals surface area contributed by atoms with Crippen molar-refractivity contribution < 1.29 is 5.11 Å². The maximum atomic E-state index is 9.05. The fraction of sp³-hybridized carbons (Fsp3) is 0.100. The molecule has 1 rings (SSSR count). The van der Waals surface area contributed by atoms with E-state index in [4.69, 9.17) is 22.0 Å². The molecule has 0 spiro atoms. The number of nitriles is 1. The molecule has 66 valence electrons. The topological polar surface area (TPSA) is 44.0 Å². The van der Waals surface area contributed by atoms with Crippen LogP contribution in [-0.2, 0) is 0 Å². The SMILES string of the molecule is N#CCC=Cc1ccc(O)cc1Cl. The Kier molecular flexibility index (Phi) is 3.36. The molecular weight excluding hydrogens is 186 g/mol. The molecule has 1 aromatic carbocycles. The molecule has 3 heteroatoms. The summed E-state index contributed by atoms with van der Waals surface area (Å²) in [6, 6.07) is 6.71. The average Bonchev–Trinajstić information content (AvgIpc) is 2.09. The van der Waals surface area contributed by atoms with Gasteiger partial charge in [0.05, 0.1) is 17.5 Å². The van der Waals surface area contributed by atoms with Crippen LogP contribution in [-0.4, -0.2) is 5.11 Å². The second-order valence-corrected chi connectivity index (χ2v) is 2.88. The Labute approximate surface area is 81.7 Å². The van der Waals surface area contributed by atoms with Crippen LogP contribution in [0, 0.1) is 11.3 Å². The van der Waals surface area contributed by atoms with Crippen LogP contribution in [0.1, 0.15) is 12.0 Å². The van der Waals surface area contributed by atoms with Crippen molar-refractivity contribution in [2.75, 3.05) is 0 Å². The second-order valence-electron chi connectivity index (χ2n) is 2.47. The van der Waals surface area contributed by atoms with Crippen molar-refractivity contribution in [3.63, 3.8) is 0 Å². The number of phenols is 1. The van der Waals surface area contributed by atoms with Crippen molar-refractivity contribution in [2.24, 2.45) is 0 Å². The van der Waals surface area contributed by atoms with Crippen LogP contribution in [0.4, 0.5) is 0 Å². The van der Waals surface area contributed by atoms with Crippen LogP contribution >= 0.6 is 11.6 Å². The van der Waals surface area contributed by atoms with Crippen LogP contribution in [0.2, 0.25) is 5.02 Å². The number of halogens is 1. The molecule has 0 saturated heterocycles. The summed E-state index contributed by atoms with van der Waals surface area (Å²) in [6.07, 6.45) is 3.83. The number of hydrogen-bond donors (Lipinski definition) is 1. The monoisotopic (exact) mass is 193 g/mol. The minimum absolute atomic E-state index is 0.141. The van der Waals surface area contributed by atoms with E-state index in [0.29, 0.717) is 11.4 Å². The number of hydrogen-bond acceptors (Lipinski definition) is 2. The molecule has 0 aromatic heterocycles. The van der Waals surface area contributed by atoms with Crippen molar-refractivity contribution in [2.45, 2.75) is 6.42 Å². The Morgan fingerprint density at radius 2 is 2.31 bits per heavy atom. The number of nitrogens with zero attached hydrogens (tertiary/aromatic N) is 1. The van der Waals surface area contributed by atoms with Gasteiger partial charge in [-0.25, -0.2) is 0 Å². The van der Waals surface area contributed by atoms with Crippen LogP contribution < -0.4 is 0 Å². The summed E-state index contributed by atoms with van der Waals surface area (Å²) in [6.45, 7) is 0. The fourth-order valence-electron chi connectivity index (χ4n) is 0.890. The summed E-state index contributed by atoms with van der Waals surface area (Å²) in [5, 5.41) is 17.8. The highest BCUT2D eigenvalue weighted by Gasteiger charge is 1.96. The maximum Gasteiger partial charge on any atom is 0.117 e. The van der Waals surface area contributed by atoms with Crippen molar-refractivity contribution in [3.05, 3.63) is 34.9 Å². The third-order valence-corrected chi connectivity index (χ3v) is 1.82. The predicted octanol–water partition coefficient (Wildman–Crippen LogP) is 2.97. The van der Waals surface area contributed by atoms with Gasteiger partial charge in [0.25, 0.3) is 0 Å². The number of rotatable bonds is 2. The van der Waals surface area contributed by atoms with Crippen molar-refractivity contribution in [1.29, 1.82) is 5.26 Å². The summed E-state index contributed by atoms with van der Waals surface area (Å²) < 4.78 is 0. The largest absolute Gasteiger partial charge is 0.508 e. The fourth-order valence-corrected chi connectivity index (χ4v) is 1.13. The Hall–Kier alpha value is -1.46. The van der Waals surface area contributed by atoms with Gasteiger partial charge in [-0.1, -0.05) is 23.8 Å². The molecule has 0 bridgehead atoms. The van der Waals surface area contributed by atoms with Crippen LogP contribution in [0.15, 0.2) is 24.3 Å². The lowest BCUT2D eigenvalue weighted by atomic mass is 10.2. The first kappa shape index (κ1) is 9.63. The first-order chi connectivity index (χ1) is 6.24. The molecule has 0 aliphatic heterocycles. The third kappa shape index (κ3) is 2.81. The molecular formula is C10H8ClNO. The predicted molar refractivity (Wildman–Crippen MR) is 52.4 cm³/mol. The molecule has 0 atom stereocenters. The minimum atomic E-state index is 0.141. The summed E-state index contributed by atoms with van der Waals surface area (Å²) in [7, 11) is 0. The van der Waals surface area contributed by atoms with Crippen LogP contribution in [0.25, 0.3) is 6.08 Å². The maximum absolute atomic E-state index is 9.05. The van der Waals surface area contributed by atoms with Crippen LogP contribution in [0.5, 0.6) is 5.75 Å². The number of allylic oxidation sites excluding steroid dienone is 1. The van der Waals surface area contributed by atoms with E-state index in [1.54, 1.807) is 24.3 Å². The average molecular weight is 194 g/mol. The van der Waals surface area contributed by atoms with Crippen LogP contribution in [0.3, 0.4) is 0 Å². The third-order valence-electron chi connectivity index (χ3n) is 1.49. The van der Waals surface area contributed by atoms with E-state index in [-0.39, 0.29) is 5.75 Å². The van der Waals surface area contributed by atoms with E-state index in [0.717, 1.165) is 5.56 Å². The van der Waals surface area contributed by atoms with Gasteiger partial charge in [0.2, 0.25) is 0 Å². The van der Waals surface area contributed by atoms with Gasteiger partial charge in [-0.2, -0.15) is 5.26 Å². The summed E-state index contributed by atoms with van der Waals surface area (Å²) in [5.74, 6) is 0.141. The minimum Gasteiger partial charge on any atom is -0.508 e.